The minimum atomic E-state index is -2.86. The number of benzene rings is 2. The predicted molar refractivity (Wildman–Crippen MR) is 120 cm³/mol. The summed E-state index contributed by atoms with van der Waals surface area (Å²) in [6.07, 6.45) is 1.72. The van der Waals surface area contributed by atoms with Crippen LogP contribution in [0.4, 0.5) is 20.2 Å². The van der Waals surface area contributed by atoms with Crippen LogP contribution in [0.5, 0.6) is 5.75 Å². The molecule has 2 rings (SSSR count). The van der Waals surface area contributed by atoms with Gasteiger partial charge in [0.25, 0.3) is 0 Å². The highest BCUT2D eigenvalue weighted by Crippen LogP contribution is 2.31. The minimum Gasteiger partial charge on any atom is -0.435 e. The van der Waals surface area contributed by atoms with Gasteiger partial charge < -0.3 is 14.4 Å². The van der Waals surface area contributed by atoms with E-state index in [1.165, 1.54) is 12.1 Å². The minimum absolute atomic E-state index is 0.0819. The number of alkyl halides is 2. The molecule has 4 nitrogen and oxygen atoms in total. The Balaban J connectivity index is 0.00000204. The van der Waals surface area contributed by atoms with E-state index in [9.17, 15) is 14.0 Å². The van der Waals surface area contributed by atoms with Crippen molar-refractivity contribution in [3.8, 4) is 11.8 Å². The number of nitrogens with zero attached hydrogens (tertiary/aromatic N) is 2. The van der Waals surface area contributed by atoms with Crippen LogP contribution in [0.2, 0.25) is 0 Å². The summed E-state index contributed by atoms with van der Waals surface area (Å²) in [6.45, 7) is 3.20. The lowest BCUT2D eigenvalue weighted by molar-refractivity contribution is -0.0498. The predicted octanol–water partition coefficient (Wildman–Crippen LogP) is 6.52. The monoisotopic (exact) mass is 419 g/mol. The summed E-state index contributed by atoms with van der Waals surface area (Å²) >= 11 is 1.60. The average molecular weight is 420 g/mol. The Morgan fingerprint density at radius 3 is 2.38 bits per heavy atom. The Labute approximate surface area is 176 Å². The third-order valence-corrected chi connectivity index (χ3v) is 4.31. The van der Waals surface area contributed by atoms with E-state index in [4.69, 9.17) is 0 Å². The molecular formula is C22H27F2N3OS. The summed E-state index contributed by atoms with van der Waals surface area (Å²) in [7, 11) is 3.84. The van der Waals surface area contributed by atoms with Gasteiger partial charge in [-0.25, -0.2) is 0 Å². The molecular weight excluding hydrogens is 392 g/mol. The first-order valence-corrected chi connectivity index (χ1v) is 10.3. The van der Waals surface area contributed by atoms with E-state index in [-0.39, 0.29) is 5.75 Å². The SMILES string of the molecule is CC.CCSNc1ccc(/C(C#N)=C/c2ccc(OC(F)F)cc2)c(N(C)C)c1. The topological polar surface area (TPSA) is 48.3 Å². The molecule has 0 bridgehead atoms. The van der Waals surface area contributed by atoms with Crippen molar-refractivity contribution in [2.45, 2.75) is 27.4 Å². The quantitative estimate of drug-likeness (QED) is 0.300. The molecule has 0 aliphatic heterocycles. The lowest BCUT2D eigenvalue weighted by Crippen LogP contribution is -2.11. The van der Waals surface area contributed by atoms with Gasteiger partial charge in [-0.05, 0) is 42.0 Å². The molecule has 1 N–H and O–H groups in total. The highest BCUT2D eigenvalue weighted by atomic mass is 32.2. The molecule has 2 aromatic carbocycles. The van der Waals surface area contributed by atoms with E-state index in [1.807, 2.05) is 51.0 Å². The van der Waals surface area contributed by atoms with Crippen molar-refractivity contribution >= 4 is 35.0 Å². The third-order valence-electron chi connectivity index (χ3n) is 3.64. The molecule has 0 radical (unpaired) electrons. The van der Waals surface area contributed by atoms with E-state index >= 15 is 0 Å². The largest absolute Gasteiger partial charge is 0.435 e. The molecule has 0 saturated heterocycles. The molecule has 0 aliphatic carbocycles. The van der Waals surface area contributed by atoms with Crippen molar-refractivity contribution < 1.29 is 13.5 Å². The molecule has 0 aromatic heterocycles. The summed E-state index contributed by atoms with van der Waals surface area (Å²) in [4.78, 5) is 1.95. The standard InChI is InChI=1S/C20H21F2N3OS.C2H6/c1-4-27-24-16-7-10-18(19(12-16)25(2)3)15(13-23)11-14-5-8-17(9-6-14)26-20(21)22;1-2/h5-12,20,24H,4H2,1-3H3;1-2H3/b15-11+;. The van der Waals surface area contributed by atoms with Crippen molar-refractivity contribution in [2.75, 3.05) is 29.5 Å². The van der Waals surface area contributed by atoms with Crippen LogP contribution >= 0.6 is 11.9 Å². The molecule has 0 saturated carbocycles. The molecule has 156 valence electrons. The van der Waals surface area contributed by atoms with Gasteiger partial charge in [0.2, 0.25) is 0 Å². The van der Waals surface area contributed by atoms with Gasteiger partial charge in [-0.2, -0.15) is 14.0 Å². The number of ether oxygens (including phenoxy) is 1. The summed E-state index contributed by atoms with van der Waals surface area (Å²) < 4.78 is 32.1. The van der Waals surface area contributed by atoms with Crippen LogP contribution in [0.25, 0.3) is 11.6 Å². The fourth-order valence-corrected chi connectivity index (χ4v) is 2.87. The second-order valence-electron chi connectivity index (χ2n) is 5.78. The number of hydrogen-bond acceptors (Lipinski definition) is 5. The van der Waals surface area contributed by atoms with Gasteiger partial charge in [-0.1, -0.05) is 44.9 Å². The highest BCUT2D eigenvalue weighted by molar-refractivity contribution is 8.00. The molecule has 2 aromatic rings. The van der Waals surface area contributed by atoms with Crippen molar-refractivity contribution in [3.63, 3.8) is 0 Å². The second-order valence-corrected chi connectivity index (χ2v) is 6.85. The van der Waals surface area contributed by atoms with Gasteiger partial charge >= 0.3 is 6.61 Å². The summed E-state index contributed by atoms with van der Waals surface area (Å²) in [5.74, 6) is 1.02. The van der Waals surface area contributed by atoms with Gasteiger partial charge in [0.15, 0.2) is 0 Å². The van der Waals surface area contributed by atoms with E-state index in [1.54, 1.807) is 30.2 Å². The Kier molecular flexibility index (Phi) is 10.6. The Morgan fingerprint density at radius 2 is 1.86 bits per heavy atom. The Morgan fingerprint density at radius 1 is 1.21 bits per heavy atom. The molecule has 0 spiro atoms. The highest BCUT2D eigenvalue weighted by Gasteiger charge is 2.11. The van der Waals surface area contributed by atoms with Crippen LogP contribution in [-0.4, -0.2) is 26.5 Å². The van der Waals surface area contributed by atoms with Gasteiger partial charge in [-0.3, -0.25) is 0 Å². The van der Waals surface area contributed by atoms with Crippen LogP contribution in [0.15, 0.2) is 42.5 Å². The zero-order chi connectivity index (χ0) is 21.8. The van der Waals surface area contributed by atoms with Gasteiger partial charge in [-0.15, -0.1) is 0 Å². The summed E-state index contributed by atoms with van der Waals surface area (Å²) in [6, 6.07) is 14.2. The lowest BCUT2D eigenvalue weighted by Gasteiger charge is -2.19. The fourth-order valence-electron chi connectivity index (χ4n) is 2.43. The van der Waals surface area contributed by atoms with Crippen LogP contribution < -0.4 is 14.4 Å². The van der Waals surface area contributed by atoms with E-state index in [2.05, 4.69) is 22.5 Å². The zero-order valence-corrected chi connectivity index (χ0v) is 18.2. The number of halogens is 2. The molecule has 0 amide bonds. The van der Waals surface area contributed by atoms with Crippen LogP contribution in [-0.2, 0) is 0 Å². The maximum Gasteiger partial charge on any atom is 0.387 e. The van der Waals surface area contributed by atoms with E-state index in [0.717, 1.165) is 28.3 Å². The first-order valence-electron chi connectivity index (χ1n) is 9.30. The van der Waals surface area contributed by atoms with Gasteiger partial charge in [0.05, 0.1) is 11.6 Å². The molecule has 0 fully saturated rings. The number of hydrogen-bond donors (Lipinski definition) is 1. The third kappa shape index (κ3) is 7.66. The molecule has 0 heterocycles. The van der Waals surface area contributed by atoms with E-state index < -0.39 is 6.61 Å². The molecule has 0 aliphatic rings. The van der Waals surface area contributed by atoms with Crippen molar-refractivity contribution in [3.05, 3.63) is 53.6 Å². The maximum absolute atomic E-state index is 12.2. The fraction of sp³-hybridized carbons (Fsp3) is 0.318. The first-order chi connectivity index (χ1) is 13.9. The van der Waals surface area contributed by atoms with E-state index in [0.29, 0.717) is 5.57 Å². The molecule has 0 atom stereocenters. The summed E-state index contributed by atoms with van der Waals surface area (Å²) in [5.41, 5.74) is 3.86. The Hall–Kier alpha value is -2.72. The Bertz CT molecular complexity index is 831. The van der Waals surface area contributed by atoms with Crippen LogP contribution in [0.3, 0.4) is 0 Å². The molecule has 29 heavy (non-hydrogen) atoms. The lowest BCUT2D eigenvalue weighted by atomic mass is 10.0. The number of nitrogens with one attached hydrogen (secondary N) is 1. The zero-order valence-electron chi connectivity index (χ0n) is 17.4. The number of anilines is 2. The van der Waals surface area contributed by atoms with Crippen LogP contribution in [0.1, 0.15) is 31.9 Å². The van der Waals surface area contributed by atoms with Crippen molar-refractivity contribution in [2.24, 2.45) is 0 Å². The summed E-state index contributed by atoms with van der Waals surface area (Å²) in [5, 5.41) is 9.65. The number of nitriles is 1. The number of allylic oxidation sites excluding steroid dienone is 1. The van der Waals surface area contributed by atoms with Crippen LogP contribution in [0, 0.1) is 11.3 Å². The van der Waals surface area contributed by atoms with Crippen molar-refractivity contribution in [1.29, 1.82) is 5.26 Å². The average Bonchev–Trinajstić information content (AvgIpc) is 2.72. The smallest absolute Gasteiger partial charge is 0.387 e. The molecule has 7 heteroatoms. The normalized spacial score (nSPS) is 10.7. The van der Waals surface area contributed by atoms with Gasteiger partial charge in [0, 0.05) is 36.8 Å². The molecule has 0 unspecified atom stereocenters. The number of rotatable bonds is 8. The van der Waals surface area contributed by atoms with Gasteiger partial charge in [0.1, 0.15) is 5.75 Å². The first kappa shape index (κ1) is 24.3. The second kappa shape index (κ2) is 12.7. The van der Waals surface area contributed by atoms with Crippen molar-refractivity contribution in [1.82, 2.24) is 0 Å². The maximum atomic E-state index is 12.2.